The van der Waals surface area contributed by atoms with Crippen LogP contribution in [0.1, 0.15) is 40.8 Å². The van der Waals surface area contributed by atoms with Gasteiger partial charge in [0.1, 0.15) is 22.6 Å². The summed E-state index contributed by atoms with van der Waals surface area (Å²) in [5.41, 5.74) is 2.36. The molecule has 5 heteroatoms. The van der Waals surface area contributed by atoms with Gasteiger partial charge in [-0.05, 0) is 43.4 Å². The fraction of sp³-hybridized carbons (Fsp3) is 0.294. The zero-order chi connectivity index (χ0) is 15.5. The number of benzene rings is 1. The summed E-state index contributed by atoms with van der Waals surface area (Å²) in [7, 11) is 0. The predicted molar refractivity (Wildman–Crippen MR) is 87.3 cm³/mol. The summed E-state index contributed by atoms with van der Waals surface area (Å²) in [5, 5.41) is 29.2. The molecule has 112 valence electrons. The molecule has 3 rings (SSSR count). The minimum Gasteiger partial charge on any atom is -0.508 e. The van der Waals surface area contributed by atoms with Crippen LogP contribution in [0.3, 0.4) is 0 Å². The van der Waals surface area contributed by atoms with E-state index in [0.29, 0.717) is 16.1 Å². The van der Waals surface area contributed by atoms with E-state index >= 15 is 0 Å². The molecule has 1 aliphatic carbocycles. The molecule has 0 bridgehead atoms. The number of phenolic OH excluding ortho intramolecular Hbond substituents is 2. The maximum absolute atomic E-state index is 9.78. The maximum atomic E-state index is 9.78. The van der Waals surface area contributed by atoms with E-state index < -0.39 is 0 Å². The Morgan fingerprint density at radius 1 is 1.18 bits per heavy atom. The predicted octanol–water partition coefficient (Wildman–Crippen LogP) is 4.05. The summed E-state index contributed by atoms with van der Waals surface area (Å²) in [6.07, 6.45) is 7.02. The van der Waals surface area contributed by atoms with Crippen LogP contribution in [0.5, 0.6) is 11.5 Å². The molecule has 0 saturated heterocycles. The lowest BCUT2D eigenvalue weighted by atomic mass is 10.1. The van der Waals surface area contributed by atoms with E-state index in [1.807, 2.05) is 0 Å². The first-order chi connectivity index (χ1) is 10.7. The summed E-state index contributed by atoms with van der Waals surface area (Å²) < 4.78 is 0. The second-order valence-electron chi connectivity index (χ2n) is 5.36. The molecule has 1 heterocycles. The monoisotopic (exact) mass is 312 g/mol. The van der Waals surface area contributed by atoms with Crippen molar-refractivity contribution in [1.82, 2.24) is 0 Å². The Balaban J connectivity index is 1.95. The molecule has 0 unspecified atom stereocenters. The van der Waals surface area contributed by atoms with Crippen molar-refractivity contribution in [3.63, 3.8) is 0 Å². The largest absolute Gasteiger partial charge is 0.508 e. The van der Waals surface area contributed by atoms with E-state index in [2.05, 4.69) is 11.1 Å². The Labute approximate surface area is 133 Å². The van der Waals surface area contributed by atoms with Gasteiger partial charge in [-0.1, -0.05) is 6.42 Å². The number of thiophene rings is 1. The number of aliphatic imine (C=N–C) groups is 1. The zero-order valence-electron chi connectivity index (χ0n) is 12.0. The lowest BCUT2D eigenvalue weighted by molar-refractivity contribution is 0.450. The van der Waals surface area contributed by atoms with Crippen molar-refractivity contribution < 1.29 is 10.2 Å². The highest BCUT2D eigenvalue weighted by Gasteiger charge is 2.19. The molecule has 0 spiro atoms. The van der Waals surface area contributed by atoms with E-state index in [0.717, 1.165) is 24.8 Å². The van der Waals surface area contributed by atoms with Crippen molar-refractivity contribution in [3.05, 3.63) is 39.8 Å². The smallest absolute Gasteiger partial charge is 0.134 e. The second kappa shape index (κ2) is 6.20. The van der Waals surface area contributed by atoms with Gasteiger partial charge < -0.3 is 10.2 Å². The molecule has 1 aliphatic rings. The van der Waals surface area contributed by atoms with Crippen molar-refractivity contribution in [1.29, 1.82) is 5.26 Å². The Hall–Kier alpha value is -2.32. The average Bonchev–Trinajstić information content (AvgIpc) is 2.66. The lowest BCUT2D eigenvalue weighted by Crippen LogP contribution is -1.87. The number of fused-ring (bicyclic) bond motifs is 1. The standard InChI is InChI=1S/C17H16N2O2S/c18-9-14-13-4-2-1-3-5-16(13)22-17(14)19-10-11-6-7-12(20)8-15(11)21/h6-8,10,20-21H,1-5H2/b19-10+. The van der Waals surface area contributed by atoms with Gasteiger partial charge in [0.2, 0.25) is 0 Å². The van der Waals surface area contributed by atoms with E-state index in [9.17, 15) is 15.5 Å². The highest BCUT2D eigenvalue weighted by atomic mass is 32.1. The number of rotatable bonds is 2. The average molecular weight is 312 g/mol. The fourth-order valence-electron chi connectivity index (χ4n) is 2.70. The van der Waals surface area contributed by atoms with Crippen molar-refractivity contribution in [3.8, 4) is 17.6 Å². The number of hydrogen-bond acceptors (Lipinski definition) is 5. The zero-order valence-corrected chi connectivity index (χ0v) is 12.9. The summed E-state index contributed by atoms with van der Waals surface area (Å²) in [6.45, 7) is 0. The van der Waals surface area contributed by atoms with Gasteiger partial charge >= 0.3 is 0 Å². The molecule has 0 aliphatic heterocycles. The quantitative estimate of drug-likeness (QED) is 0.648. The van der Waals surface area contributed by atoms with Crippen LogP contribution in [0.2, 0.25) is 0 Å². The molecule has 0 saturated carbocycles. The molecule has 2 N–H and O–H groups in total. The molecule has 0 amide bonds. The van der Waals surface area contributed by atoms with Crippen molar-refractivity contribution >= 4 is 22.6 Å². The molecule has 1 aromatic heterocycles. The van der Waals surface area contributed by atoms with Gasteiger partial charge in [0.15, 0.2) is 0 Å². The fourth-order valence-corrected chi connectivity index (χ4v) is 3.89. The lowest BCUT2D eigenvalue weighted by Gasteiger charge is -1.99. The molecule has 4 nitrogen and oxygen atoms in total. The van der Waals surface area contributed by atoms with Gasteiger partial charge in [-0.25, -0.2) is 4.99 Å². The summed E-state index contributed by atoms with van der Waals surface area (Å²) in [4.78, 5) is 5.68. The first-order valence-electron chi connectivity index (χ1n) is 7.29. The summed E-state index contributed by atoms with van der Waals surface area (Å²) >= 11 is 1.58. The third-order valence-electron chi connectivity index (χ3n) is 3.85. The van der Waals surface area contributed by atoms with Gasteiger partial charge in [0, 0.05) is 22.7 Å². The van der Waals surface area contributed by atoms with Crippen molar-refractivity contribution in [2.45, 2.75) is 32.1 Å². The highest BCUT2D eigenvalue weighted by molar-refractivity contribution is 7.16. The number of nitriles is 1. The number of aryl methyl sites for hydroxylation is 1. The van der Waals surface area contributed by atoms with Crippen molar-refractivity contribution in [2.75, 3.05) is 0 Å². The van der Waals surface area contributed by atoms with Gasteiger partial charge in [0.25, 0.3) is 0 Å². The van der Waals surface area contributed by atoms with Crippen molar-refractivity contribution in [2.24, 2.45) is 4.99 Å². The Morgan fingerprint density at radius 2 is 2.00 bits per heavy atom. The molecule has 0 fully saturated rings. The van der Waals surface area contributed by atoms with E-state index in [1.54, 1.807) is 23.6 Å². The molecular weight excluding hydrogens is 296 g/mol. The van der Waals surface area contributed by atoms with E-state index in [-0.39, 0.29) is 11.5 Å². The Kier molecular flexibility index (Phi) is 4.12. The van der Waals surface area contributed by atoms with E-state index in [4.69, 9.17) is 0 Å². The molecule has 1 aromatic carbocycles. The van der Waals surface area contributed by atoms with Crippen LogP contribution >= 0.6 is 11.3 Å². The first-order valence-corrected chi connectivity index (χ1v) is 8.11. The SMILES string of the molecule is N#Cc1c(/N=C/c2ccc(O)cc2O)sc2c1CCCCC2. The molecular formula is C17H16N2O2S. The Morgan fingerprint density at radius 3 is 2.77 bits per heavy atom. The van der Waals surface area contributed by atoms with Crippen LogP contribution in [0.25, 0.3) is 0 Å². The maximum Gasteiger partial charge on any atom is 0.134 e. The van der Waals surface area contributed by atoms with Gasteiger partial charge in [-0.15, -0.1) is 11.3 Å². The number of aromatic hydroxyl groups is 2. The molecule has 2 aromatic rings. The Bertz CT molecular complexity index is 772. The third kappa shape index (κ3) is 2.83. The van der Waals surface area contributed by atoms with Crippen LogP contribution in [0.4, 0.5) is 5.00 Å². The normalized spacial score (nSPS) is 14.5. The third-order valence-corrected chi connectivity index (χ3v) is 5.05. The summed E-state index contributed by atoms with van der Waals surface area (Å²) in [6, 6.07) is 6.65. The van der Waals surface area contributed by atoms with Gasteiger partial charge in [0.05, 0.1) is 5.56 Å². The van der Waals surface area contributed by atoms with Gasteiger partial charge in [-0.2, -0.15) is 5.26 Å². The van der Waals surface area contributed by atoms with Crippen LogP contribution in [-0.2, 0) is 12.8 Å². The summed E-state index contributed by atoms with van der Waals surface area (Å²) in [5.74, 6) is -0.0180. The minimum atomic E-state index is -0.0274. The van der Waals surface area contributed by atoms with Crippen LogP contribution in [0, 0.1) is 11.3 Å². The second-order valence-corrected chi connectivity index (χ2v) is 6.44. The number of hydrogen-bond donors (Lipinski definition) is 2. The number of phenols is 2. The van der Waals surface area contributed by atoms with Gasteiger partial charge in [-0.3, -0.25) is 0 Å². The molecule has 0 radical (unpaired) electrons. The van der Waals surface area contributed by atoms with Crippen LogP contribution in [-0.4, -0.2) is 16.4 Å². The molecule has 0 atom stereocenters. The first kappa shape index (κ1) is 14.6. The van der Waals surface area contributed by atoms with E-state index in [1.165, 1.54) is 29.9 Å². The topological polar surface area (TPSA) is 76.6 Å². The molecule has 22 heavy (non-hydrogen) atoms. The van der Waals surface area contributed by atoms with Crippen LogP contribution < -0.4 is 0 Å². The van der Waals surface area contributed by atoms with Crippen LogP contribution in [0.15, 0.2) is 23.2 Å². The number of nitrogens with zero attached hydrogens (tertiary/aromatic N) is 2. The highest BCUT2D eigenvalue weighted by Crippen LogP contribution is 2.38. The minimum absolute atomic E-state index is 0.00945.